The Morgan fingerprint density at radius 2 is 1.77 bits per heavy atom. The van der Waals surface area contributed by atoms with Crippen LogP contribution in [0.25, 0.3) is 0 Å². The van der Waals surface area contributed by atoms with Crippen molar-refractivity contribution in [3.8, 4) is 0 Å². The molecule has 0 aromatic heterocycles. The van der Waals surface area contributed by atoms with Gasteiger partial charge in [0.2, 0.25) is 15.9 Å². The van der Waals surface area contributed by atoms with Crippen molar-refractivity contribution in [3.05, 3.63) is 0 Å². The lowest BCUT2D eigenvalue weighted by molar-refractivity contribution is -0.130. The summed E-state index contributed by atoms with van der Waals surface area (Å²) < 4.78 is 25.0. The summed E-state index contributed by atoms with van der Waals surface area (Å²) in [5.74, 6) is 0.370. The Kier molecular flexibility index (Phi) is 5.85. The summed E-state index contributed by atoms with van der Waals surface area (Å²) in [5.41, 5.74) is 0. The van der Waals surface area contributed by atoms with Gasteiger partial charge in [-0.15, -0.1) is 0 Å². The van der Waals surface area contributed by atoms with Crippen LogP contribution in [0, 0.1) is 0 Å². The van der Waals surface area contributed by atoms with Crippen molar-refractivity contribution in [3.63, 3.8) is 0 Å². The first kappa shape index (κ1) is 17.7. The quantitative estimate of drug-likeness (QED) is 0.720. The molecular weight excluding hydrogens is 302 g/mol. The molecule has 0 aromatic carbocycles. The van der Waals surface area contributed by atoms with Crippen molar-refractivity contribution in [1.29, 1.82) is 0 Å². The van der Waals surface area contributed by atoms with Gasteiger partial charge >= 0.3 is 0 Å². The average Bonchev–Trinajstić information content (AvgIpc) is 3.05. The zero-order chi connectivity index (χ0) is 16.3. The van der Waals surface area contributed by atoms with Crippen LogP contribution in [-0.4, -0.2) is 80.0 Å². The highest BCUT2D eigenvalue weighted by atomic mass is 32.2. The van der Waals surface area contributed by atoms with Crippen LogP contribution in [0.3, 0.4) is 0 Å². The first-order valence-corrected chi connectivity index (χ1v) is 9.85. The molecule has 2 rings (SSSR count). The Morgan fingerprint density at radius 3 is 2.41 bits per heavy atom. The Bertz CT molecular complexity index is 492. The molecule has 2 aliphatic rings. The average molecular weight is 331 g/mol. The summed E-state index contributed by atoms with van der Waals surface area (Å²) >= 11 is 0. The van der Waals surface area contributed by atoms with Gasteiger partial charge in [0.1, 0.15) is 0 Å². The zero-order valence-electron chi connectivity index (χ0n) is 14.0. The number of hydrogen-bond donors (Lipinski definition) is 0. The number of sulfonamides is 1. The molecule has 0 N–H and O–H groups in total. The van der Waals surface area contributed by atoms with E-state index in [2.05, 4.69) is 4.90 Å². The van der Waals surface area contributed by atoms with Gasteiger partial charge in [-0.2, -0.15) is 0 Å². The molecule has 2 aliphatic heterocycles. The summed E-state index contributed by atoms with van der Waals surface area (Å²) in [7, 11) is 0.0527. The highest BCUT2D eigenvalue weighted by molar-refractivity contribution is 7.89. The van der Waals surface area contributed by atoms with E-state index in [9.17, 15) is 13.2 Å². The molecule has 0 unspecified atom stereocenters. The third-order valence-corrected chi connectivity index (χ3v) is 6.88. The van der Waals surface area contributed by atoms with Crippen LogP contribution in [0.5, 0.6) is 0 Å². The molecule has 2 fully saturated rings. The molecule has 7 heteroatoms. The summed E-state index contributed by atoms with van der Waals surface area (Å²) in [4.78, 5) is 16.2. The molecule has 22 heavy (non-hydrogen) atoms. The maximum absolute atomic E-state index is 11.8. The fraction of sp³-hybridized carbons (Fsp3) is 0.933. The molecule has 0 spiro atoms. The van der Waals surface area contributed by atoms with Crippen molar-refractivity contribution in [2.75, 3.05) is 39.5 Å². The van der Waals surface area contributed by atoms with E-state index in [0.717, 1.165) is 45.3 Å². The predicted molar refractivity (Wildman–Crippen MR) is 87.1 cm³/mol. The molecule has 0 radical (unpaired) electrons. The molecule has 128 valence electrons. The van der Waals surface area contributed by atoms with Crippen LogP contribution in [0.15, 0.2) is 0 Å². The highest BCUT2D eigenvalue weighted by Gasteiger charge is 2.38. The second-order valence-corrected chi connectivity index (χ2v) is 8.92. The number of hydrogen-bond acceptors (Lipinski definition) is 4. The standard InChI is InChI=1S/C15H29N3O3S/c1-13(19)18-11-5-8-15(18)14-7-4-9-17(14)10-6-12-22(20,21)16(2)3/h14-15H,4-12H2,1-3H3/t14-,15+/m0/s1. The second-order valence-electron chi connectivity index (χ2n) is 6.62. The van der Waals surface area contributed by atoms with E-state index in [1.165, 1.54) is 4.31 Å². The minimum Gasteiger partial charge on any atom is -0.338 e. The van der Waals surface area contributed by atoms with Crippen molar-refractivity contribution in [1.82, 2.24) is 14.1 Å². The van der Waals surface area contributed by atoms with Crippen LogP contribution >= 0.6 is 0 Å². The van der Waals surface area contributed by atoms with E-state index in [1.54, 1.807) is 21.0 Å². The third kappa shape index (κ3) is 4.00. The minimum absolute atomic E-state index is 0.171. The lowest BCUT2D eigenvalue weighted by atomic mass is 10.0. The van der Waals surface area contributed by atoms with E-state index >= 15 is 0 Å². The molecule has 0 aliphatic carbocycles. The van der Waals surface area contributed by atoms with E-state index < -0.39 is 10.0 Å². The summed E-state index contributed by atoms with van der Waals surface area (Å²) in [6, 6.07) is 0.735. The maximum Gasteiger partial charge on any atom is 0.219 e. The van der Waals surface area contributed by atoms with Gasteiger partial charge < -0.3 is 4.90 Å². The Labute approximate surface area is 134 Å². The lowest BCUT2D eigenvalue weighted by Gasteiger charge is -2.34. The molecule has 0 bridgehead atoms. The van der Waals surface area contributed by atoms with Gasteiger partial charge in [0, 0.05) is 39.6 Å². The van der Waals surface area contributed by atoms with Gasteiger partial charge in [0.15, 0.2) is 0 Å². The largest absolute Gasteiger partial charge is 0.338 e. The van der Waals surface area contributed by atoms with Crippen LogP contribution < -0.4 is 0 Å². The third-order valence-electron chi connectivity index (χ3n) is 4.97. The van der Waals surface area contributed by atoms with Crippen molar-refractivity contribution < 1.29 is 13.2 Å². The smallest absolute Gasteiger partial charge is 0.219 e. The molecule has 1 amide bonds. The highest BCUT2D eigenvalue weighted by Crippen LogP contribution is 2.30. The second kappa shape index (κ2) is 7.27. The number of likely N-dealkylation sites (tertiary alicyclic amines) is 2. The van der Waals surface area contributed by atoms with E-state index in [0.29, 0.717) is 18.5 Å². The van der Waals surface area contributed by atoms with Gasteiger partial charge in [-0.05, 0) is 45.2 Å². The van der Waals surface area contributed by atoms with Gasteiger partial charge in [-0.25, -0.2) is 12.7 Å². The number of carbonyl (C=O) groups excluding carboxylic acids is 1. The monoisotopic (exact) mass is 331 g/mol. The first-order valence-electron chi connectivity index (χ1n) is 8.24. The van der Waals surface area contributed by atoms with Crippen molar-refractivity contribution in [2.45, 2.75) is 51.1 Å². The fourth-order valence-corrected chi connectivity index (χ4v) is 4.64. The molecule has 2 atom stereocenters. The molecule has 0 saturated carbocycles. The first-order chi connectivity index (χ1) is 10.3. The van der Waals surface area contributed by atoms with Crippen LogP contribution in [0.2, 0.25) is 0 Å². The van der Waals surface area contributed by atoms with Gasteiger partial charge in [0.25, 0.3) is 0 Å². The minimum atomic E-state index is -3.11. The maximum atomic E-state index is 11.8. The molecule has 2 saturated heterocycles. The van der Waals surface area contributed by atoms with Crippen LogP contribution in [-0.2, 0) is 14.8 Å². The number of carbonyl (C=O) groups is 1. The zero-order valence-corrected chi connectivity index (χ0v) is 14.8. The number of nitrogens with zero attached hydrogens (tertiary/aromatic N) is 3. The summed E-state index contributed by atoms with van der Waals surface area (Å²) in [5, 5.41) is 0. The number of rotatable bonds is 6. The van der Waals surface area contributed by atoms with E-state index in [4.69, 9.17) is 0 Å². The van der Waals surface area contributed by atoms with E-state index in [-0.39, 0.29) is 11.7 Å². The molecular formula is C15H29N3O3S. The molecule has 6 nitrogen and oxygen atoms in total. The predicted octanol–water partition coefficient (Wildman–Crippen LogP) is 0.743. The fourth-order valence-electron chi connectivity index (χ4n) is 3.78. The van der Waals surface area contributed by atoms with Gasteiger partial charge in [0.05, 0.1) is 5.75 Å². The van der Waals surface area contributed by atoms with Crippen LogP contribution in [0.4, 0.5) is 0 Å². The Morgan fingerprint density at radius 1 is 1.14 bits per heavy atom. The van der Waals surface area contributed by atoms with Gasteiger partial charge in [-0.3, -0.25) is 9.69 Å². The molecule has 0 aromatic rings. The lowest BCUT2D eigenvalue weighted by Crippen LogP contribution is -2.48. The van der Waals surface area contributed by atoms with Crippen LogP contribution in [0.1, 0.15) is 39.0 Å². The van der Waals surface area contributed by atoms with E-state index in [1.807, 2.05) is 4.90 Å². The summed E-state index contributed by atoms with van der Waals surface area (Å²) in [6.07, 6.45) is 5.09. The molecule has 2 heterocycles. The topological polar surface area (TPSA) is 60.9 Å². The Hall–Kier alpha value is -0.660. The van der Waals surface area contributed by atoms with Crippen molar-refractivity contribution in [2.24, 2.45) is 0 Å². The normalized spacial score (nSPS) is 27.0. The Balaban J connectivity index is 1.90. The van der Waals surface area contributed by atoms with Crippen molar-refractivity contribution >= 4 is 15.9 Å². The SMILES string of the molecule is CC(=O)N1CCC[C@@H]1[C@@H]1CCCN1CCCS(=O)(=O)N(C)C. The van der Waals surface area contributed by atoms with Gasteiger partial charge in [-0.1, -0.05) is 0 Å². The number of amides is 1. The summed E-state index contributed by atoms with van der Waals surface area (Å²) in [6.45, 7) is 4.36.